The number of carbonyl (C=O) groups excluding carboxylic acids is 1. The van der Waals surface area contributed by atoms with Crippen molar-refractivity contribution >= 4 is 33.9 Å². The lowest BCUT2D eigenvalue weighted by Crippen LogP contribution is -2.14. The van der Waals surface area contributed by atoms with E-state index >= 15 is 0 Å². The number of hydrogen-bond acceptors (Lipinski definition) is 6. The summed E-state index contributed by atoms with van der Waals surface area (Å²) in [5, 5.41) is 8.11. The van der Waals surface area contributed by atoms with E-state index in [0.717, 1.165) is 11.3 Å². The summed E-state index contributed by atoms with van der Waals surface area (Å²) in [6.45, 7) is 2.47. The monoisotopic (exact) mass is 434 g/mol. The van der Waals surface area contributed by atoms with E-state index in [0.29, 0.717) is 34.5 Å². The summed E-state index contributed by atoms with van der Waals surface area (Å²) in [6.07, 6.45) is 1.56. The standard InChI is InChI=1S/C23H19FN4O2S/c1-2-30-20-11-4-3-9-17(20)19-14-31-23(27-19)28-22(29)18-10-6-12-25-21(18)26-16-8-5-7-15(24)13-16/h3-14H,2H2,1H3,(H,25,26)(H,27,28,29). The third-order valence-corrected chi connectivity index (χ3v) is 5.08. The zero-order chi connectivity index (χ0) is 21.6. The van der Waals surface area contributed by atoms with Crippen LogP contribution in [0, 0.1) is 5.82 Å². The van der Waals surface area contributed by atoms with Crippen molar-refractivity contribution in [3.63, 3.8) is 0 Å². The fourth-order valence-corrected chi connectivity index (χ4v) is 3.68. The number of pyridine rings is 1. The first-order valence-corrected chi connectivity index (χ1v) is 10.5. The van der Waals surface area contributed by atoms with Gasteiger partial charge in [0.2, 0.25) is 0 Å². The maximum absolute atomic E-state index is 13.5. The largest absolute Gasteiger partial charge is 0.493 e. The molecule has 0 radical (unpaired) electrons. The number of anilines is 3. The van der Waals surface area contributed by atoms with Gasteiger partial charge in [-0.15, -0.1) is 11.3 Å². The lowest BCUT2D eigenvalue weighted by molar-refractivity contribution is 0.102. The number of rotatable bonds is 7. The van der Waals surface area contributed by atoms with Gasteiger partial charge in [0, 0.05) is 22.8 Å². The molecule has 0 aliphatic carbocycles. The summed E-state index contributed by atoms with van der Waals surface area (Å²) in [5.74, 6) is 0.312. The molecule has 8 heteroatoms. The molecule has 0 atom stereocenters. The fraction of sp³-hybridized carbons (Fsp3) is 0.0870. The topological polar surface area (TPSA) is 76.1 Å². The Kier molecular flexibility index (Phi) is 6.18. The summed E-state index contributed by atoms with van der Waals surface area (Å²) >= 11 is 1.32. The minimum Gasteiger partial charge on any atom is -0.493 e. The van der Waals surface area contributed by atoms with Crippen LogP contribution in [0.15, 0.2) is 72.2 Å². The third-order valence-electron chi connectivity index (χ3n) is 4.33. The molecule has 2 aromatic carbocycles. The normalized spacial score (nSPS) is 10.5. The van der Waals surface area contributed by atoms with Gasteiger partial charge in [0.25, 0.3) is 5.91 Å². The Morgan fingerprint density at radius 3 is 2.84 bits per heavy atom. The summed E-state index contributed by atoms with van der Waals surface area (Å²) in [5.41, 5.74) is 2.39. The highest BCUT2D eigenvalue weighted by Gasteiger charge is 2.16. The molecule has 2 N–H and O–H groups in total. The van der Waals surface area contributed by atoms with Crippen molar-refractivity contribution in [2.75, 3.05) is 17.2 Å². The predicted octanol–water partition coefficient (Wildman–Crippen LogP) is 5.74. The van der Waals surface area contributed by atoms with E-state index in [-0.39, 0.29) is 11.7 Å². The Morgan fingerprint density at radius 2 is 2.00 bits per heavy atom. The highest BCUT2D eigenvalue weighted by atomic mass is 32.1. The van der Waals surface area contributed by atoms with E-state index in [2.05, 4.69) is 20.6 Å². The van der Waals surface area contributed by atoms with Gasteiger partial charge in [-0.25, -0.2) is 14.4 Å². The smallest absolute Gasteiger partial charge is 0.261 e. The van der Waals surface area contributed by atoms with Gasteiger partial charge in [-0.3, -0.25) is 10.1 Å². The molecule has 6 nitrogen and oxygen atoms in total. The van der Waals surface area contributed by atoms with Crippen LogP contribution in [0.4, 0.5) is 21.0 Å². The van der Waals surface area contributed by atoms with Gasteiger partial charge >= 0.3 is 0 Å². The van der Waals surface area contributed by atoms with Crippen LogP contribution in [0.2, 0.25) is 0 Å². The molecular formula is C23H19FN4O2S. The Hall–Kier alpha value is -3.78. The van der Waals surface area contributed by atoms with Crippen LogP contribution in [0.25, 0.3) is 11.3 Å². The van der Waals surface area contributed by atoms with E-state index in [1.807, 2.05) is 36.6 Å². The first kappa shape index (κ1) is 20.5. The average Bonchev–Trinajstić information content (AvgIpc) is 3.23. The first-order valence-electron chi connectivity index (χ1n) is 9.60. The van der Waals surface area contributed by atoms with Crippen LogP contribution in [-0.2, 0) is 0 Å². The number of nitrogens with one attached hydrogen (secondary N) is 2. The van der Waals surface area contributed by atoms with Crippen LogP contribution in [0.3, 0.4) is 0 Å². The molecule has 4 aromatic rings. The molecule has 156 valence electrons. The van der Waals surface area contributed by atoms with Crippen molar-refractivity contribution in [3.05, 3.63) is 83.6 Å². The van der Waals surface area contributed by atoms with Gasteiger partial charge < -0.3 is 10.1 Å². The Morgan fingerprint density at radius 1 is 1.13 bits per heavy atom. The van der Waals surface area contributed by atoms with Crippen LogP contribution >= 0.6 is 11.3 Å². The van der Waals surface area contributed by atoms with Gasteiger partial charge in [-0.05, 0) is 49.4 Å². The second-order valence-electron chi connectivity index (χ2n) is 6.46. The van der Waals surface area contributed by atoms with Crippen molar-refractivity contribution in [1.82, 2.24) is 9.97 Å². The Labute approximate surface area is 182 Å². The lowest BCUT2D eigenvalue weighted by atomic mass is 10.1. The summed E-state index contributed by atoms with van der Waals surface area (Å²) in [4.78, 5) is 21.6. The van der Waals surface area contributed by atoms with E-state index in [1.165, 1.54) is 23.5 Å². The number of para-hydroxylation sites is 1. The molecular weight excluding hydrogens is 415 g/mol. The van der Waals surface area contributed by atoms with Crippen molar-refractivity contribution in [2.45, 2.75) is 6.92 Å². The quantitative estimate of drug-likeness (QED) is 0.388. The second kappa shape index (κ2) is 9.36. The number of ether oxygens (including phenoxy) is 1. The predicted molar refractivity (Wildman–Crippen MR) is 121 cm³/mol. The lowest BCUT2D eigenvalue weighted by Gasteiger charge is -2.10. The number of halogens is 1. The van der Waals surface area contributed by atoms with Crippen molar-refractivity contribution in [1.29, 1.82) is 0 Å². The molecule has 0 aliphatic heterocycles. The van der Waals surface area contributed by atoms with E-state index in [1.54, 1.807) is 30.5 Å². The molecule has 0 unspecified atom stereocenters. The molecule has 4 rings (SSSR count). The zero-order valence-corrected chi connectivity index (χ0v) is 17.4. The molecule has 31 heavy (non-hydrogen) atoms. The molecule has 0 saturated carbocycles. The zero-order valence-electron chi connectivity index (χ0n) is 16.6. The summed E-state index contributed by atoms with van der Waals surface area (Å²) < 4.78 is 19.1. The molecule has 0 saturated heterocycles. The third kappa shape index (κ3) is 4.87. The van der Waals surface area contributed by atoms with Crippen LogP contribution in [0.5, 0.6) is 5.75 Å². The van der Waals surface area contributed by atoms with Crippen molar-refractivity contribution < 1.29 is 13.9 Å². The van der Waals surface area contributed by atoms with Gasteiger partial charge in [-0.1, -0.05) is 18.2 Å². The molecule has 0 aliphatic rings. The minimum atomic E-state index is -0.380. The maximum atomic E-state index is 13.5. The molecule has 2 heterocycles. The Bertz CT molecular complexity index is 1210. The number of nitrogens with zero attached hydrogens (tertiary/aromatic N) is 2. The van der Waals surface area contributed by atoms with Gasteiger partial charge in [-0.2, -0.15) is 0 Å². The number of carbonyl (C=O) groups is 1. The maximum Gasteiger partial charge on any atom is 0.261 e. The Balaban J connectivity index is 1.54. The molecule has 1 amide bonds. The number of amides is 1. The second-order valence-corrected chi connectivity index (χ2v) is 7.31. The SMILES string of the molecule is CCOc1ccccc1-c1csc(NC(=O)c2cccnc2Nc2cccc(F)c2)n1. The van der Waals surface area contributed by atoms with E-state index < -0.39 is 0 Å². The van der Waals surface area contributed by atoms with Gasteiger partial charge in [0.1, 0.15) is 17.4 Å². The molecule has 0 bridgehead atoms. The minimum absolute atomic E-state index is 0.318. The van der Waals surface area contributed by atoms with Crippen molar-refractivity contribution in [2.24, 2.45) is 0 Å². The van der Waals surface area contributed by atoms with E-state index in [9.17, 15) is 9.18 Å². The molecule has 2 aromatic heterocycles. The average molecular weight is 434 g/mol. The van der Waals surface area contributed by atoms with Crippen LogP contribution < -0.4 is 15.4 Å². The van der Waals surface area contributed by atoms with Crippen molar-refractivity contribution in [3.8, 4) is 17.0 Å². The van der Waals surface area contributed by atoms with Crippen LogP contribution in [0.1, 0.15) is 17.3 Å². The number of thiazole rings is 1. The first-order chi connectivity index (χ1) is 15.1. The number of benzene rings is 2. The van der Waals surface area contributed by atoms with Gasteiger partial charge in [0.15, 0.2) is 5.13 Å². The highest BCUT2D eigenvalue weighted by molar-refractivity contribution is 7.14. The van der Waals surface area contributed by atoms with Crippen LogP contribution in [-0.4, -0.2) is 22.5 Å². The van der Waals surface area contributed by atoms with Gasteiger partial charge in [0.05, 0.1) is 17.9 Å². The molecule has 0 spiro atoms. The summed E-state index contributed by atoms with van der Waals surface area (Å²) in [7, 11) is 0. The van der Waals surface area contributed by atoms with E-state index in [4.69, 9.17) is 4.74 Å². The number of hydrogen-bond donors (Lipinski definition) is 2. The molecule has 0 fully saturated rings. The fourth-order valence-electron chi connectivity index (χ4n) is 2.97. The highest BCUT2D eigenvalue weighted by Crippen LogP contribution is 2.32. The number of aromatic nitrogens is 2. The summed E-state index contributed by atoms with van der Waals surface area (Å²) in [6, 6.07) is 16.9.